The number of benzene rings is 3. The van der Waals surface area contributed by atoms with Crippen LogP contribution in [0.4, 0.5) is 22.7 Å². The van der Waals surface area contributed by atoms with Gasteiger partial charge in [0.15, 0.2) is 0 Å². The Morgan fingerprint density at radius 3 is 2.36 bits per heavy atom. The normalized spacial score (nSPS) is 15.8. The van der Waals surface area contributed by atoms with Crippen molar-refractivity contribution in [2.24, 2.45) is 0 Å². The Kier molecular flexibility index (Phi) is 7.16. The molecular weight excluding hydrogens is 452 g/mol. The van der Waals surface area contributed by atoms with E-state index in [1.807, 2.05) is 48.5 Å². The molecule has 0 atom stereocenters. The Morgan fingerprint density at radius 2 is 1.61 bits per heavy atom. The molecule has 2 heterocycles. The van der Waals surface area contributed by atoms with Crippen molar-refractivity contribution in [3.63, 3.8) is 0 Å². The smallest absolute Gasteiger partial charge is 0.255 e. The van der Waals surface area contributed by atoms with E-state index < -0.39 is 0 Å². The first-order valence-electron chi connectivity index (χ1n) is 12.4. The molecule has 0 spiro atoms. The van der Waals surface area contributed by atoms with Crippen LogP contribution in [0.3, 0.4) is 0 Å². The molecule has 0 bridgehead atoms. The number of rotatable bonds is 8. The van der Waals surface area contributed by atoms with E-state index in [0.29, 0.717) is 23.4 Å². The van der Waals surface area contributed by atoms with Gasteiger partial charge < -0.3 is 26.2 Å². The summed E-state index contributed by atoms with van der Waals surface area (Å²) in [5, 5.41) is 12.6. The Morgan fingerprint density at radius 1 is 0.889 bits per heavy atom. The van der Waals surface area contributed by atoms with Gasteiger partial charge in [0, 0.05) is 74.0 Å². The summed E-state index contributed by atoms with van der Waals surface area (Å²) in [6.07, 6.45) is 0. The van der Waals surface area contributed by atoms with Gasteiger partial charge in [-0.25, -0.2) is 0 Å². The van der Waals surface area contributed by atoms with E-state index in [-0.39, 0.29) is 11.8 Å². The topological polar surface area (TPSA) is 88.7 Å². The second kappa shape index (κ2) is 10.8. The molecule has 8 heteroatoms. The number of hydrogen-bond acceptors (Lipinski definition) is 6. The monoisotopic (exact) mass is 484 g/mol. The number of amides is 2. The lowest BCUT2D eigenvalue weighted by atomic mass is 10.0. The van der Waals surface area contributed by atoms with Crippen molar-refractivity contribution >= 4 is 34.6 Å². The number of anilines is 4. The summed E-state index contributed by atoms with van der Waals surface area (Å²) in [6, 6.07) is 20.9. The van der Waals surface area contributed by atoms with Crippen LogP contribution in [0.5, 0.6) is 0 Å². The molecule has 2 aliphatic rings. The lowest BCUT2D eigenvalue weighted by Gasteiger charge is -2.32. The van der Waals surface area contributed by atoms with Gasteiger partial charge in [0.2, 0.25) is 0 Å². The summed E-state index contributed by atoms with van der Waals surface area (Å²) < 4.78 is 0. The van der Waals surface area contributed by atoms with Gasteiger partial charge >= 0.3 is 0 Å². The van der Waals surface area contributed by atoms with Crippen LogP contribution < -0.4 is 21.3 Å². The molecule has 3 aromatic rings. The Balaban J connectivity index is 1.21. The van der Waals surface area contributed by atoms with E-state index in [0.717, 1.165) is 61.9 Å². The summed E-state index contributed by atoms with van der Waals surface area (Å²) in [4.78, 5) is 30.4. The largest absolute Gasteiger partial charge is 0.384 e. The Hall–Kier alpha value is -3.88. The summed E-state index contributed by atoms with van der Waals surface area (Å²) in [7, 11) is 2.16. The molecule has 2 amide bonds. The summed E-state index contributed by atoms with van der Waals surface area (Å²) >= 11 is 0. The first-order chi connectivity index (χ1) is 17.6. The van der Waals surface area contributed by atoms with Crippen LogP contribution in [-0.4, -0.2) is 67.9 Å². The number of likely N-dealkylation sites (N-methyl/N-ethyl adjacent to an activating group) is 1. The molecule has 186 valence electrons. The van der Waals surface area contributed by atoms with Crippen LogP contribution in [-0.2, 0) is 6.54 Å². The summed E-state index contributed by atoms with van der Waals surface area (Å²) in [5.74, 6) is -0.429. The van der Waals surface area contributed by atoms with Gasteiger partial charge in [0.05, 0.1) is 11.3 Å². The molecule has 0 radical (unpaired) electrons. The molecule has 36 heavy (non-hydrogen) atoms. The van der Waals surface area contributed by atoms with E-state index in [9.17, 15) is 9.59 Å². The van der Waals surface area contributed by atoms with Gasteiger partial charge in [0.1, 0.15) is 0 Å². The van der Waals surface area contributed by atoms with E-state index in [1.54, 1.807) is 18.2 Å². The molecule has 0 saturated carbocycles. The van der Waals surface area contributed by atoms with Crippen LogP contribution >= 0.6 is 0 Å². The minimum Gasteiger partial charge on any atom is -0.384 e. The number of nitrogens with one attached hydrogen (secondary N) is 4. The predicted octanol–water partition coefficient (Wildman–Crippen LogP) is 3.59. The maximum Gasteiger partial charge on any atom is 0.255 e. The van der Waals surface area contributed by atoms with E-state index >= 15 is 0 Å². The lowest BCUT2D eigenvalue weighted by molar-refractivity contribution is 0.0966. The highest BCUT2D eigenvalue weighted by Gasteiger charge is 2.26. The van der Waals surface area contributed by atoms with E-state index in [1.165, 1.54) is 0 Å². The maximum absolute atomic E-state index is 13.0. The standard InChI is InChI=1S/C28H32N6O2/c1-33-15-17-34(18-16-33)14-13-29-21-9-7-20(8-10-21)27(35)32-25-12-11-24(23-19-30-28(36)26(23)25)31-22-5-3-2-4-6-22/h2-12,29,31H,13-19H2,1H3,(H,30,36)(H,32,35). The zero-order valence-corrected chi connectivity index (χ0v) is 20.5. The van der Waals surface area contributed by atoms with Gasteiger partial charge in [-0.3, -0.25) is 14.5 Å². The van der Waals surface area contributed by atoms with E-state index in [2.05, 4.69) is 38.1 Å². The third kappa shape index (κ3) is 5.50. The zero-order valence-electron chi connectivity index (χ0n) is 20.5. The van der Waals surface area contributed by atoms with Gasteiger partial charge in [-0.05, 0) is 55.6 Å². The van der Waals surface area contributed by atoms with Gasteiger partial charge in [0.25, 0.3) is 11.8 Å². The molecule has 1 saturated heterocycles. The fourth-order valence-electron chi connectivity index (χ4n) is 4.61. The van der Waals surface area contributed by atoms with Crippen molar-refractivity contribution in [2.45, 2.75) is 6.54 Å². The van der Waals surface area contributed by atoms with E-state index in [4.69, 9.17) is 0 Å². The number of para-hydroxylation sites is 1. The number of carbonyl (C=O) groups excluding carboxylic acids is 2. The van der Waals surface area contributed by atoms with Crippen LogP contribution in [0.1, 0.15) is 26.3 Å². The number of piperazine rings is 1. The van der Waals surface area contributed by atoms with Crippen LogP contribution in [0, 0.1) is 0 Å². The molecular formula is C28H32N6O2. The number of fused-ring (bicyclic) bond motifs is 1. The molecule has 4 N–H and O–H groups in total. The van der Waals surface area contributed by atoms with Crippen molar-refractivity contribution in [1.29, 1.82) is 0 Å². The molecule has 8 nitrogen and oxygen atoms in total. The van der Waals surface area contributed by atoms with Crippen LogP contribution in [0.15, 0.2) is 66.7 Å². The minimum atomic E-state index is -0.246. The highest BCUT2D eigenvalue weighted by Crippen LogP contribution is 2.33. The van der Waals surface area contributed by atoms with Gasteiger partial charge in [-0.2, -0.15) is 0 Å². The summed E-state index contributed by atoms with van der Waals surface area (Å²) in [5.41, 5.74) is 5.18. The van der Waals surface area contributed by atoms with Crippen LogP contribution in [0.25, 0.3) is 0 Å². The van der Waals surface area contributed by atoms with Crippen LogP contribution in [0.2, 0.25) is 0 Å². The number of hydrogen-bond donors (Lipinski definition) is 4. The predicted molar refractivity (Wildman–Crippen MR) is 144 cm³/mol. The average Bonchev–Trinajstić information content (AvgIpc) is 3.30. The first-order valence-corrected chi connectivity index (χ1v) is 12.4. The molecule has 3 aromatic carbocycles. The van der Waals surface area contributed by atoms with Crippen molar-refractivity contribution in [3.05, 3.63) is 83.4 Å². The van der Waals surface area contributed by atoms with Crippen molar-refractivity contribution in [2.75, 3.05) is 62.3 Å². The highest BCUT2D eigenvalue weighted by atomic mass is 16.2. The molecule has 1 fully saturated rings. The maximum atomic E-state index is 13.0. The molecule has 0 aliphatic carbocycles. The first kappa shape index (κ1) is 23.8. The van der Waals surface area contributed by atoms with Crippen molar-refractivity contribution < 1.29 is 9.59 Å². The van der Waals surface area contributed by atoms with Crippen molar-refractivity contribution in [1.82, 2.24) is 15.1 Å². The quantitative estimate of drug-likeness (QED) is 0.391. The van der Waals surface area contributed by atoms with Gasteiger partial charge in [-0.1, -0.05) is 18.2 Å². The second-order valence-electron chi connectivity index (χ2n) is 9.29. The third-order valence-electron chi connectivity index (χ3n) is 6.77. The van der Waals surface area contributed by atoms with Gasteiger partial charge in [-0.15, -0.1) is 0 Å². The molecule has 2 aliphatic heterocycles. The second-order valence-corrected chi connectivity index (χ2v) is 9.29. The molecule has 0 aromatic heterocycles. The third-order valence-corrected chi connectivity index (χ3v) is 6.77. The fourth-order valence-corrected chi connectivity index (χ4v) is 4.61. The molecule has 0 unspecified atom stereocenters. The lowest BCUT2D eigenvalue weighted by Crippen LogP contribution is -2.45. The Labute approximate surface area is 211 Å². The summed E-state index contributed by atoms with van der Waals surface area (Å²) in [6.45, 7) is 6.70. The number of carbonyl (C=O) groups is 2. The zero-order chi connectivity index (χ0) is 24.9. The minimum absolute atomic E-state index is 0.183. The SMILES string of the molecule is CN1CCN(CCNc2ccc(C(=O)Nc3ccc(Nc4ccccc4)c4c3C(=O)NC4)cc2)CC1. The average molecular weight is 485 g/mol. The number of nitrogens with zero attached hydrogens (tertiary/aromatic N) is 2. The fraction of sp³-hybridized carbons (Fsp3) is 0.286. The molecule has 5 rings (SSSR count). The Bertz CT molecular complexity index is 1220. The highest BCUT2D eigenvalue weighted by molar-refractivity contribution is 6.11. The van der Waals surface area contributed by atoms with Crippen molar-refractivity contribution in [3.8, 4) is 0 Å².